The zero-order valence-corrected chi connectivity index (χ0v) is 12.9. The monoisotopic (exact) mass is 289 g/mol. The van der Waals surface area contributed by atoms with Crippen LogP contribution >= 0.6 is 0 Å². The van der Waals surface area contributed by atoms with Crippen LogP contribution in [0.15, 0.2) is 30.3 Å². The third-order valence-electron chi connectivity index (χ3n) is 4.58. The summed E-state index contributed by atoms with van der Waals surface area (Å²) in [6, 6.07) is 10.6. The zero-order valence-electron chi connectivity index (χ0n) is 12.9. The lowest BCUT2D eigenvalue weighted by Gasteiger charge is -2.35. The number of hydrogen-bond donors (Lipinski definition) is 2. The number of carbonyl (C=O) groups excluding carboxylic acids is 1. The number of amides is 1. The minimum absolute atomic E-state index is 0.101. The number of hydrazine groups is 1. The largest absolute Gasteiger partial charge is 0.300 e. The molecule has 1 fully saturated rings. The predicted octanol–water partition coefficient (Wildman–Crippen LogP) is 2.41. The first kappa shape index (κ1) is 16.0. The van der Waals surface area contributed by atoms with Gasteiger partial charge in [-0.15, -0.1) is 0 Å². The van der Waals surface area contributed by atoms with E-state index in [9.17, 15) is 4.79 Å². The Hall–Kier alpha value is -1.39. The summed E-state index contributed by atoms with van der Waals surface area (Å²) in [5.74, 6) is 5.09. The molecule has 1 aliphatic carbocycles. The van der Waals surface area contributed by atoms with Gasteiger partial charge in [0.2, 0.25) is 5.91 Å². The number of nitrogens with two attached hydrogens (primary N) is 1. The first-order valence-corrected chi connectivity index (χ1v) is 8.05. The molecule has 0 aromatic heterocycles. The van der Waals surface area contributed by atoms with Crippen LogP contribution in [0.5, 0.6) is 0 Å². The van der Waals surface area contributed by atoms with Crippen molar-refractivity contribution in [2.75, 3.05) is 13.1 Å². The highest BCUT2D eigenvalue weighted by Crippen LogP contribution is 2.25. The lowest BCUT2D eigenvalue weighted by molar-refractivity contribution is -0.123. The van der Waals surface area contributed by atoms with Crippen molar-refractivity contribution in [2.45, 2.75) is 51.0 Å². The molecule has 0 heterocycles. The van der Waals surface area contributed by atoms with Gasteiger partial charge < -0.3 is 0 Å². The normalized spacial score (nSPS) is 17.7. The van der Waals surface area contributed by atoms with E-state index in [0.717, 1.165) is 18.7 Å². The molecule has 3 N–H and O–H groups in total. The highest BCUT2D eigenvalue weighted by Gasteiger charge is 2.27. The molecule has 1 atom stereocenters. The van der Waals surface area contributed by atoms with Crippen molar-refractivity contribution in [1.29, 1.82) is 0 Å². The quantitative estimate of drug-likeness (QED) is 0.480. The third kappa shape index (κ3) is 4.29. The van der Waals surface area contributed by atoms with Crippen molar-refractivity contribution in [3.05, 3.63) is 35.9 Å². The lowest BCUT2D eigenvalue weighted by Crippen LogP contribution is -2.44. The predicted molar refractivity (Wildman–Crippen MR) is 85.6 cm³/mol. The molecular formula is C17H27N3O. The van der Waals surface area contributed by atoms with E-state index in [2.05, 4.69) is 17.2 Å². The first-order valence-electron chi connectivity index (χ1n) is 8.05. The van der Waals surface area contributed by atoms with Gasteiger partial charge in [0.05, 0.1) is 5.92 Å². The van der Waals surface area contributed by atoms with E-state index < -0.39 is 0 Å². The van der Waals surface area contributed by atoms with Crippen LogP contribution in [-0.4, -0.2) is 29.9 Å². The Morgan fingerprint density at radius 2 is 1.95 bits per heavy atom. The highest BCUT2D eigenvalue weighted by atomic mass is 16.2. The Morgan fingerprint density at radius 3 is 2.52 bits per heavy atom. The number of rotatable bonds is 6. The van der Waals surface area contributed by atoms with Crippen LogP contribution in [0.4, 0.5) is 0 Å². The summed E-state index contributed by atoms with van der Waals surface area (Å²) >= 11 is 0. The van der Waals surface area contributed by atoms with Crippen LogP contribution in [-0.2, 0) is 4.79 Å². The Labute approximate surface area is 127 Å². The molecule has 1 aromatic carbocycles. The van der Waals surface area contributed by atoms with E-state index in [1.165, 1.54) is 32.1 Å². The van der Waals surface area contributed by atoms with Crippen molar-refractivity contribution >= 4 is 5.91 Å². The van der Waals surface area contributed by atoms with E-state index in [4.69, 9.17) is 5.84 Å². The van der Waals surface area contributed by atoms with Crippen molar-refractivity contribution in [1.82, 2.24) is 10.3 Å². The number of likely N-dealkylation sites (N-methyl/N-ethyl adjacent to an activating group) is 1. The lowest BCUT2D eigenvalue weighted by atomic mass is 9.91. The van der Waals surface area contributed by atoms with E-state index in [1.54, 1.807) is 0 Å². The molecule has 2 rings (SSSR count). The molecule has 0 radical (unpaired) electrons. The fourth-order valence-corrected chi connectivity index (χ4v) is 3.34. The highest BCUT2D eigenvalue weighted by molar-refractivity contribution is 5.83. The number of hydrogen-bond acceptors (Lipinski definition) is 3. The van der Waals surface area contributed by atoms with Crippen LogP contribution in [0.1, 0.15) is 50.5 Å². The summed E-state index contributed by atoms with van der Waals surface area (Å²) in [6.45, 7) is 3.90. The van der Waals surface area contributed by atoms with Gasteiger partial charge in [0.15, 0.2) is 0 Å². The second-order valence-corrected chi connectivity index (χ2v) is 5.85. The second-order valence-electron chi connectivity index (χ2n) is 5.85. The van der Waals surface area contributed by atoms with Crippen molar-refractivity contribution in [3.8, 4) is 0 Å². The average Bonchev–Trinajstić information content (AvgIpc) is 2.57. The van der Waals surface area contributed by atoms with E-state index >= 15 is 0 Å². The number of nitrogens with zero attached hydrogens (tertiary/aromatic N) is 1. The Bertz CT molecular complexity index is 429. The molecule has 116 valence electrons. The van der Waals surface area contributed by atoms with Gasteiger partial charge in [-0.3, -0.25) is 15.1 Å². The van der Waals surface area contributed by atoms with Gasteiger partial charge >= 0.3 is 0 Å². The van der Waals surface area contributed by atoms with Gasteiger partial charge in [-0.2, -0.15) is 0 Å². The summed E-state index contributed by atoms with van der Waals surface area (Å²) in [6.07, 6.45) is 6.46. The zero-order chi connectivity index (χ0) is 15.1. The maximum absolute atomic E-state index is 12.2. The minimum Gasteiger partial charge on any atom is -0.300 e. The SMILES string of the molecule is CCN(CC(C(=O)NN)c1ccccc1)C1CCCCC1. The first-order chi connectivity index (χ1) is 10.3. The summed E-state index contributed by atoms with van der Waals surface area (Å²) in [5.41, 5.74) is 3.37. The van der Waals surface area contributed by atoms with Crippen molar-refractivity contribution < 1.29 is 4.79 Å². The summed E-state index contributed by atoms with van der Waals surface area (Å²) in [5, 5.41) is 0. The molecule has 4 heteroatoms. The van der Waals surface area contributed by atoms with E-state index in [1.807, 2.05) is 30.3 Å². The van der Waals surface area contributed by atoms with Crippen LogP contribution in [0, 0.1) is 0 Å². The standard InChI is InChI=1S/C17H27N3O/c1-2-20(15-11-7-4-8-12-15)13-16(17(21)19-18)14-9-5-3-6-10-14/h3,5-6,9-10,15-16H,2,4,7-8,11-13,18H2,1H3,(H,19,21). The maximum Gasteiger partial charge on any atom is 0.242 e. The fourth-order valence-electron chi connectivity index (χ4n) is 3.34. The number of benzene rings is 1. The molecular weight excluding hydrogens is 262 g/mol. The summed E-state index contributed by atoms with van der Waals surface area (Å²) in [7, 11) is 0. The van der Waals surface area contributed by atoms with Crippen molar-refractivity contribution in [3.63, 3.8) is 0 Å². The second kappa shape index (κ2) is 8.15. The summed E-state index contributed by atoms with van der Waals surface area (Å²) in [4.78, 5) is 14.6. The minimum atomic E-state index is -0.196. The number of carbonyl (C=O) groups is 1. The molecule has 0 aliphatic heterocycles. The molecule has 1 saturated carbocycles. The maximum atomic E-state index is 12.2. The van der Waals surface area contributed by atoms with Gasteiger partial charge in [-0.1, -0.05) is 56.5 Å². The van der Waals surface area contributed by atoms with Gasteiger partial charge in [0.1, 0.15) is 0 Å². The molecule has 1 unspecified atom stereocenters. The van der Waals surface area contributed by atoms with E-state index in [-0.39, 0.29) is 11.8 Å². The Balaban J connectivity index is 2.11. The average molecular weight is 289 g/mol. The molecule has 4 nitrogen and oxygen atoms in total. The molecule has 0 saturated heterocycles. The van der Waals surface area contributed by atoms with Gasteiger partial charge in [-0.05, 0) is 24.9 Å². The van der Waals surface area contributed by atoms with Crippen LogP contribution < -0.4 is 11.3 Å². The Kier molecular flexibility index (Phi) is 6.21. The van der Waals surface area contributed by atoms with Crippen LogP contribution in [0.25, 0.3) is 0 Å². The molecule has 1 amide bonds. The third-order valence-corrected chi connectivity index (χ3v) is 4.58. The van der Waals surface area contributed by atoms with E-state index in [0.29, 0.717) is 6.04 Å². The molecule has 0 spiro atoms. The summed E-state index contributed by atoms with van der Waals surface area (Å²) < 4.78 is 0. The Morgan fingerprint density at radius 1 is 1.29 bits per heavy atom. The smallest absolute Gasteiger partial charge is 0.242 e. The molecule has 1 aliphatic rings. The van der Waals surface area contributed by atoms with Gasteiger partial charge in [0.25, 0.3) is 0 Å². The van der Waals surface area contributed by atoms with Crippen molar-refractivity contribution in [2.24, 2.45) is 5.84 Å². The molecule has 0 bridgehead atoms. The fraction of sp³-hybridized carbons (Fsp3) is 0.588. The van der Waals surface area contributed by atoms with Gasteiger partial charge in [0, 0.05) is 12.6 Å². The molecule has 21 heavy (non-hydrogen) atoms. The number of nitrogens with one attached hydrogen (secondary N) is 1. The molecule has 1 aromatic rings. The van der Waals surface area contributed by atoms with Crippen LogP contribution in [0.2, 0.25) is 0 Å². The van der Waals surface area contributed by atoms with Gasteiger partial charge in [-0.25, -0.2) is 5.84 Å². The topological polar surface area (TPSA) is 58.4 Å². The van der Waals surface area contributed by atoms with Crippen LogP contribution in [0.3, 0.4) is 0 Å².